The van der Waals surface area contributed by atoms with E-state index in [1.807, 2.05) is 12.1 Å². The molecular weight excluding hydrogens is 459 g/mol. The largest absolute Gasteiger partial charge is 0.457 e. The molecule has 0 unspecified atom stereocenters. The van der Waals surface area contributed by atoms with Crippen molar-refractivity contribution in [2.45, 2.75) is 12.3 Å². The van der Waals surface area contributed by atoms with Crippen LogP contribution in [-0.2, 0) is 27.1 Å². The Hall–Kier alpha value is -3.27. The molecule has 0 aliphatic carbocycles. The minimum atomic E-state index is -3.48. The van der Waals surface area contributed by atoms with Crippen LogP contribution < -0.4 is 10.1 Å². The average Bonchev–Trinajstić information content (AvgIpc) is 2.85. The molecule has 1 aliphatic rings. The Bertz CT molecular complexity index is 1220. The van der Waals surface area contributed by atoms with Crippen molar-refractivity contribution in [3.8, 4) is 11.5 Å². The average molecular weight is 485 g/mol. The van der Waals surface area contributed by atoms with Crippen molar-refractivity contribution in [2.75, 3.05) is 26.3 Å². The van der Waals surface area contributed by atoms with Crippen LogP contribution in [-0.4, -0.2) is 44.9 Å². The first-order valence-corrected chi connectivity index (χ1v) is 12.5. The van der Waals surface area contributed by atoms with Crippen LogP contribution in [0.1, 0.15) is 21.5 Å². The molecule has 3 aromatic carbocycles. The summed E-state index contributed by atoms with van der Waals surface area (Å²) in [6.45, 7) is 1.68. The van der Waals surface area contributed by atoms with Crippen LogP contribution in [0.25, 0.3) is 0 Å². The van der Waals surface area contributed by atoms with Gasteiger partial charge >= 0.3 is 0 Å². The maximum Gasteiger partial charge on any atom is 0.251 e. The number of halogens is 1. The second-order valence-electron chi connectivity index (χ2n) is 7.80. The van der Waals surface area contributed by atoms with Crippen molar-refractivity contribution in [3.05, 3.63) is 95.3 Å². The molecule has 0 bridgehead atoms. The first-order valence-electron chi connectivity index (χ1n) is 10.8. The zero-order chi connectivity index (χ0) is 24.0. The van der Waals surface area contributed by atoms with E-state index >= 15 is 0 Å². The van der Waals surface area contributed by atoms with Gasteiger partial charge in [-0.15, -0.1) is 0 Å². The molecule has 9 heteroatoms. The van der Waals surface area contributed by atoms with Crippen molar-refractivity contribution in [1.82, 2.24) is 9.62 Å². The number of hydrogen-bond acceptors (Lipinski definition) is 5. The van der Waals surface area contributed by atoms with Crippen LogP contribution >= 0.6 is 0 Å². The third-order valence-corrected chi connectivity index (χ3v) is 7.25. The SMILES string of the molecule is O=C(NCc1ccccc1CS(=O)(=O)N1CCOCC1)c1ccc(Oc2ccc(F)cc2)cc1. The van der Waals surface area contributed by atoms with Gasteiger partial charge in [0.05, 0.1) is 19.0 Å². The summed E-state index contributed by atoms with van der Waals surface area (Å²) in [7, 11) is -3.48. The first kappa shape index (κ1) is 23.9. The minimum Gasteiger partial charge on any atom is -0.457 e. The van der Waals surface area contributed by atoms with Crippen molar-refractivity contribution in [3.63, 3.8) is 0 Å². The lowest BCUT2D eigenvalue weighted by molar-refractivity contribution is 0.0729. The van der Waals surface area contributed by atoms with Gasteiger partial charge in [-0.25, -0.2) is 12.8 Å². The van der Waals surface area contributed by atoms with Crippen LogP contribution in [0.2, 0.25) is 0 Å². The molecule has 4 rings (SSSR count). The highest BCUT2D eigenvalue weighted by Crippen LogP contribution is 2.22. The van der Waals surface area contributed by atoms with Crippen LogP contribution in [0.15, 0.2) is 72.8 Å². The number of rotatable bonds is 8. The van der Waals surface area contributed by atoms with Gasteiger partial charge in [-0.1, -0.05) is 24.3 Å². The molecule has 178 valence electrons. The van der Waals surface area contributed by atoms with Crippen LogP contribution in [0, 0.1) is 5.82 Å². The van der Waals surface area contributed by atoms with E-state index in [2.05, 4.69) is 5.32 Å². The van der Waals surface area contributed by atoms with Gasteiger partial charge in [0.15, 0.2) is 0 Å². The van der Waals surface area contributed by atoms with Crippen LogP contribution in [0.5, 0.6) is 11.5 Å². The summed E-state index contributed by atoms with van der Waals surface area (Å²) >= 11 is 0. The van der Waals surface area contributed by atoms with Crippen molar-refractivity contribution in [2.24, 2.45) is 0 Å². The molecule has 0 saturated carbocycles. The topological polar surface area (TPSA) is 84.9 Å². The smallest absolute Gasteiger partial charge is 0.251 e. The molecular formula is C25H25FN2O5S. The lowest BCUT2D eigenvalue weighted by Gasteiger charge is -2.26. The minimum absolute atomic E-state index is 0.130. The summed E-state index contributed by atoms with van der Waals surface area (Å²) in [6, 6.07) is 19.4. The molecule has 3 aromatic rings. The molecule has 1 N–H and O–H groups in total. The number of carbonyl (C=O) groups is 1. The van der Waals surface area contributed by atoms with E-state index in [-0.39, 0.29) is 24.0 Å². The van der Waals surface area contributed by atoms with Gasteiger partial charge < -0.3 is 14.8 Å². The normalized spacial score (nSPS) is 14.5. The molecule has 1 aliphatic heterocycles. The van der Waals surface area contributed by atoms with E-state index in [1.54, 1.807) is 36.4 Å². The molecule has 1 saturated heterocycles. The maximum atomic E-state index is 13.0. The quantitative estimate of drug-likeness (QED) is 0.527. The molecule has 0 aromatic heterocycles. The van der Waals surface area contributed by atoms with Gasteiger partial charge in [-0.3, -0.25) is 4.79 Å². The Morgan fingerprint density at radius 3 is 2.15 bits per heavy atom. The standard InChI is InChI=1S/C25H25FN2O5S/c26-22-7-11-24(12-8-22)33-23-9-5-19(6-10-23)25(29)27-17-20-3-1-2-4-21(20)18-34(30,31)28-13-15-32-16-14-28/h1-12H,13-18H2,(H,27,29). The Labute approximate surface area is 198 Å². The molecule has 0 atom stereocenters. The Kier molecular flexibility index (Phi) is 7.56. The number of benzene rings is 3. The Balaban J connectivity index is 1.37. The molecule has 0 radical (unpaired) electrons. The maximum absolute atomic E-state index is 13.0. The first-order chi connectivity index (χ1) is 16.4. The monoisotopic (exact) mass is 484 g/mol. The highest BCUT2D eigenvalue weighted by Gasteiger charge is 2.25. The lowest BCUT2D eigenvalue weighted by atomic mass is 10.1. The molecule has 7 nitrogen and oxygen atoms in total. The zero-order valence-electron chi connectivity index (χ0n) is 18.4. The van der Waals surface area contributed by atoms with E-state index in [9.17, 15) is 17.6 Å². The predicted molar refractivity (Wildman–Crippen MR) is 126 cm³/mol. The van der Waals surface area contributed by atoms with Crippen LogP contribution in [0.3, 0.4) is 0 Å². The summed E-state index contributed by atoms with van der Waals surface area (Å²) in [5.41, 5.74) is 1.83. The number of sulfonamides is 1. The van der Waals surface area contributed by atoms with E-state index in [0.717, 1.165) is 5.56 Å². The fourth-order valence-corrected chi connectivity index (χ4v) is 5.14. The predicted octanol–water partition coefficient (Wildman–Crippen LogP) is 3.71. The zero-order valence-corrected chi connectivity index (χ0v) is 19.3. The number of amides is 1. The summed E-state index contributed by atoms with van der Waals surface area (Å²) in [4.78, 5) is 12.6. The van der Waals surface area contributed by atoms with Crippen molar-refractivity contribution in [1.29, 1.82) is 0 Å². The Morgan fingerprint density at radius 2 is 1.50 bits per heavy atom. The van der Waals surface area contributed by atoms with E-state index in [4.69, 9.17) is 9.47 Å². The number of morpholine rings is 1. The van der Waals surface area contributed by atoms with Gasteiger partial charge in [0.25, 0.3) is 5.91 Å². The number of ether oxygens (including phenoxy) is 2. The number of nitrogens with zero attached hydrogens (tertiary/aromatic N) is 1. The van der Waals surface area contributed by atoms with E-state index < -0.39 is 10.0 Å². The summed E-state index contributed by atoms with van der Waals surface area (Å²) < 4.78 is 50.9. The van der Waals surface area contributed by atoms with Gasteiger partial charge in [-0.2, -0.15) is 4.31 Å². The van der Waals surface area contributed by atoms with Gasteiger partial charge in [0.1, 0.15) is 17.3 Å². The molecule has 1 amide bonds. The fourth-order valence-electron chi connectivity index (χ4n) is 3.57. The van der Waals surface area contributed by atoms with Crippen molar-refractivity contribution < 1.29 is 27.1 Å². The molecule has 1 heterocycles. The summed E-state index contributed by atoms with van der Waals surface area (Å²) in [5, 5.41) is 2.85. The number of carbonyl (C=O) groups excluding carboxylic acids is 1. The van der Waals surface area contributed by atoms with Crippen LogP contribution in [0.4, 0.5) is 4.39 Å². The summed E-state index contributed by atoms with van der Waals surface area (Å²) in [6.07, 6.45) is 0. The van der Waals surface area contributed by atoms with Gasteiger partial charge in [-0.05, 0) is 59.7 Å². The Morgan fingerprint density at radius 1 is 0.912 bits per heavy atom. The van der Waals surface area contributed by atoms with E-state index in [0.29, 0.717) is 48.9 Å². The van der Waals surface area contributed by atoms with E-state index in [1.165, 1.54) is 28.6 Å². The third kappa shape index (κ3) is 6.19. The summed E-state index contributed by atoms with van der Waals surface area (Å²) in [5.74, 6) is 0.233. The molecule has 0 spiro atoms. The molecule has 1 fully saturated rings. The third-order valence-electron chi connectivity index (χ3n) is 5.42. The second kappa shape index (κ2) is 10.8. The number of nitrogens with one attached hydrogen (secondary N) is 1. The van der Waals surface area contributed by atoms with Gasteiger partial charge in [0.2, 0.25) is 10.0 Å². The van der Waals surface area contributed by atoms with Crippen molar-refractivity contribution >= 4 is 15.9 Å². The second-order valence-corrected chi connectivity index (χ2v) is 9.77. The van der Waals surface area contributed by atoms with Gasteiger partial charge in [0, 0.05) is 25.2 Å². The molecule has 34 heavy (non-hydrogen) atoms. The highest BCUT2D eigenvalue weighted by atomic mass is 32.2. The highest BCUT2D eigenvalue weighted by molar-refractivity contribution is 7.88. The number of hydrogen-bond donors (Lipinski definition) is 1. The fraction of sp³-hybridized carbons (Fsp3) is 0.240. The lowest BCUT2D eigenvalue weighted by Crippen LogP contribution is -2.41.